The van der Waals surface area contributed by atoms with E-state index in [9.17, 15) is 19.5 Å². The van der Waals surface area contributed by atoms with Crippen LogP contribution in [0.1, 0.15) is 64.8 Å². The third kappa shape index (κ3) is 5.85. The second-order valence-electron chi connectivity index (χ2n) is 8.61. The second kappa shape index (κ2) is 11.3. The van der Waals surface area contributed by atoms with E-state index in [2.05, 4.69) is 30.9 Å². The largest absolute Gasteiger partial charge is 0.478 e. The maximum atomic E-state index is 13.0. The number of carboxylic acid groups (broad SMARTS) is 1. The number of urea groups is 1. The Labute approximate surface area is 212 Å². The molecular formula is C25H28N6O4S. The molecule has 0 bridgehead atoms. The molecule has 0 unspecified atom stereocenters. The van der Waals surface area contributed by atoms with Gasteiger partial charge in [-0.2, -0.15) is 0 Å². The molecule has 1 aliphatic rings. The van der Waals surface area contributed by atoms with Gasteiger partial charge in [-0.15, -0.1) is 11.3 Å². The Morgan fingerprint density at radius 3 is 2.58 bits per heavy atom. The van der Waals surface area contributed by atoms with E-state index >= 15 is 0 Å². The summed E-state index contributed by atoms with van der Waals surface area (Å²) in [5, 5.41) is 18.4. The molecule has 3 heterocycles. The van der Waals surface area contributed by atoms with Crippen molar-refractivity contribution in [3.8, 4) is 21.7 Å². The van der Waals surface area contributed by atoms with Crippen LogP contribution in [0.2, 0.25) is 0 Å². The fourth-order valence-corrected chi connectivity index (χ4v) is 5.18. The van der Waals surface area contributed by atoms with Crippen LogP contribution in [0.4, 0.5) is 10.6 Å². The third-order valence-corrected chi connectivity index (χ3v) is 7.14. The van der Waals surface area contributed by atoms with E-state index in [0.717, 1.165) is 25.7 Å². The molecule has 0 spiro atoms. The monoisotopic (exact) mass is 508 g/mol. The molecule has 1 aliphatic carbocycles. The molecule has 1 saturated carbocycles. The summed E-state index contributed by atoms with van der Waals surface area (Å²) >= 11 is 1.25. The molecule has 10 nitrogen and oxygen atoms in total. The smallest absolute Gasteiger partial charge is 0.337 e. The number of hydrogen-bond donors (Lipinski definition) is 4. The number of aryl methyl sites for hydroxylation is 1. The third-order valence-electron chi connectivity index (χ3n) is 5.95. The molecule has 1 fully saturated rings. The van der Waals surface area contributed by atoms with E-state index in [4.69, 9.17) is 0 Å². The first-order valence-electron chi connectivity index (χ1n) is 11.9. The summed E-state index contributed by atoms with van der Waals surface area (Å²) in [5.41, 5.74) is 2.35. The van der Waals surface area contributed by atoms with Crippen molar-refractivity contribution >= 4 is 35.1 Å². The van der Waals surface area contributed by atoms with Gasteiger partial charge in [0.2, 0.25) is 0 Å². The maximum absolute atomic E-state index is 13.0. The van der Waals surface area contributed by atoms with Crippen LogP contribution in [0.25, 0.3) is 21.7 Å². The summed E-state index contributed by atoms with van der Waals surface area (Å²) in [5.74, 6) is -0.947. The molecule has 188 valence electrons. The molecule has 4 N–H and O–H groups in total. The number of carboxylic acids is 1. The lowest BCUT2D eigenvalue weighted by molar-refractivity contribution is 0.0696. The number of aromatic carboxylic acids is 1. The fraction of sp³-hybridized carbons (Fsp3) is 0.360. The molecule has 0 aromatic carbocycles. The van der Waals surface area contributed by atoms with Gasteiger partial charge in [-0.3, -0.25) is 15.1 Å². The number of nitrogens with zero attached hydrogens (tertiary/aromatic N) is 3. The standard InChI is InChI=1S/C25H28N6O4S/c1-3-27-25(35)31-20-10-18(19(13-28-20)15-9-16(24(33)34)12-26-11-15)23-29-14(2)21(36-23)22(32)30-17-7-5-4-6-8-17/h9-13,17H,3-8H2,1-2H3,(H,30,32)(H,33,34)(H2,27,28,31,35). The Morgan fingerprint density at radius 2 is 1.86 bits per heavy atom. The predicted molar refractivity (Wildman–Crippen MR) is 137 cm³/mol. The number of aromatic nitrogens is 3. The number of carbonyl (C=O) groups excluding carboxylic acids is 2. The van der Waals surface area contributed by atoms with Gasteiger partial charge < -0.3 is 15.7 Å². The molecule has 3 amide bonds. The number of carbonyl (C=O) groups is 3. The average Bonchev–Trinajstić information content (AvgIpc) is 3.26. The molecule has 3 aromatic rings. The number of nitrogens with one attached hydrogen (secondary N) is 3. The van der Waals surface area contributed by atoms with Gasteiger partial charge in [0.05, 0.1) is 11.3 Å². The van der Waals surface area contributed by atoms with Gasteiger partial charge in [-0.25, -0.2) is 19.6 Å². The lowest BCUT2D eigenvalue weighted by Gasteiger charge is -2.22. The van der Waals surface area contributed by atoms with Crippen molar-refractivity contribution in [2.45, 2.75) is 52.0 Å². The average molecular weight is 509 g/mol. The summed E-state index contributed by atoms with van der Waals surface area (Å²) < 4.78 is 0. The molecule has 0 saturated heterocycles. The molecule has 0 atom stereocenters. The van der Waals surface area contributed by atoms with Gasteiger partial charge >= 0.3 is 12.0 Å². The highest BCUT2D eigenvalue weighted by molar-refractivity contribution is 7.17. The lowest BCUT2D eigenvalue weighted by Crippen LogP contribution is -2.36. The van der Waals surface area contributed by atoms with E-state index < -0.39 is 12.0 Å². The highest BCUT2D eigenvalue weighted by Crippen LogP contribution is 2.37. The number of pyridine rings is 2. The van der Waals surface area contributed by atoms with Gasteiger partial charge in [0.1, 0.15) is 15.7 Å². The van der Waals surface area contributed by atoms with Crippen LogP contribution in [-0.2, 0) is 0 Å². The van der Waals surface area contributed by atoms with E-state index in [1.165, 1.54) is 36.2 Å². The summed E-state index contributed by atoms with van der Waals surface area (Å²) in [4.78, 5) is 50.2. The zero-order valence-corrected chi connectivity index (χ0v) is 20.9. The van der Waals surface area contributed by atoms with Crippen LogP contribution in [0.15, 0.2) is 30.7 Å². The van der Waals surface area contributed by atoms with Crippen molar-refractivity contribution in [1.82, 2.24) is 25.6 Å². The van der Waals surface area contributed by atoms with Gasteiger partial charge in [0.15, 0.2) is 0 Å². The van der Waals surface area contributed by atoms with Crippen LogP contribution >= 0.6 is 11.3 Å². The van der Waals surface area contributed by atoms with Crippen molar-refractivity contribution in [3.63, 3.8) is 0 Å². The van der Waals surface area contributed by atoms with Crippen molar-refractivity contribution in [3.05, 3.63) is 46.9 Å². The van der Waals surface area contributed by atoms with Crippen LogP contribution in [0.5, 0.6) is 0 Å². The van der Waals surface area contributed by atoms with Gasteiger partial charge in [-0.1, -0.05) is 19.3 Å². The van der Waals surface area contributed by atoms with Crippen LogP contribution in [-0.4, -0.2) is 50.6 Å². The minimum Gasteiger partial charge on any atom is -0.478 e. The molecule has 11 heteroatoms. The minimum absolute atomic E-state index is 0.0332. The number of thiazole rings is 1. The molecular weight excluding hydrogens is 480 g/mol. The molecule has 3 aromatic heterocycles. The quantitative estimate of drug-likeness (QED) is 0.368. The number of anilines is 1. The van der Waals surface area contributed by atoms with Crippen molar-refractivity contribution < 1.29 is 19.5 Å². The number of rotatable bonds is 7. The fourth-order valence-electron chi connectivity index (χ4n) is 4.18. The normalized spacial score (nSPS) is 13.7. The molecule has 0 aliphatic heterocycles. The Hall–Kier alpha value is -3.86. The highest BCUT2D eigenvalue weighted by atomic mass is 32.1. The van der Waals surface area contributed by atoms with Gasteiger partial charge in [0.25, 0.3) is 5.91 Å². The summed E-state index contributed by atoms with van der Waals surface area (Å²) in [6.07, 6.45) is 9.74. The Bertz CT molecular complexity index is 1290. The summed E-state index contributed by atoms with van der Waals surface area (Å²) in [6.45, 7) is 4.05. The van der Waals surface area contributed by atoms with Crippen molar-refractivity contribution in [1.29, 1.82) is 0 Å². The van der Waals surface area contributed by atoms with E-state index in [1.54, 1.807) is 19.2 Å². The lowest BCUT2D eigenvalue weighted by atomic mass is 9.95. The zero-order chi connectivity index (χ0) is 25.7. The first-order valence-corrected chi connectivity index (χ1v) is 12.7. The minimum atomic E-state index is -1.10. The Balaban J connectivity index is 1.73. The maximum Gasteiger partial charge on any atom is 0.337 e. The number of hydrogen-bond acceptors (Lipinski definition) is 7. The molecule has 36 heavy (non-hydrogen) atoms. The number of amides is 3. The molecule has 4 rings (SSSR count). The molecule has 0 radical (unpaired) electrons. The summed E-state index contributed by atoms with van der Waals surface area (Å²) in [7, 11) is 0. The van der Waals surface area contributed by atoms with E-state index in [1.807, 2.05) is 6.92 Å². The van der Waals surface area contributed by atoms with E-state index in [0.29, 0.717) is 44.6 Å². The van der Waals surface area contributed by atoms with Gasteiger partial charge in [-0.05, 0) is 38.8 Å². The van der Waals surface area contributed by atoms with Gasteiger partial charge in [0, 0.05) is 47.9 Å². The first-order chi connectivity index (χ1) is 17.4. The zero-order valence-electron chi connectivity index (χ0n) is 20.1. The van der Waals surface area contributed by atoms with Crippen LogP contribution in [0.3, 0.4) is 0 Å². The summed E-state index contributed by atoms with van der Waals surface area (Å²) in [6, 6.07) is 2.94. The SMILES string of the molecule is CCNC(=O)Nc1cc(-c2nc(C)c(C(=O)NC3CCCCC3)s2)c(-c2cncc(C(=O)O)c2)cn1. The predicted octanol–water partition coefficient (Wildman–Crippen LogP) is 4.48. The van der Waals surface area contributed by atoms with E-state index in [-0.39, 0.29) is 17.5 Å². The Morgan fingerprint density at radius 1 is 1.08 bits per heavy atom. The van der Waals surface area contributed by atoms with Crippen LogP contribution in [0, 0.1) is 6.92 Å². The Kier molecular flexibility index (Phi) is 7.89. The van der Waals surface area contributed by atoms with Crippen molar-refractivity contribution in [2.75, 3.05) is 11.9 Å². The van der Waals surface area contributed by atoms with Crippen molar-refractivity contribution in [2.24, 2.45) is 0 Å². The topological polar surface area (TPSA) is 146 Å². The second-order valence-corrected chi connectivity index (χ2v) is 9.61. The first kappa shape index (κ1) is 25.2. The van der Waals surface area contributed by atoms with Crippen LogP contribution < -0.4 is 16.0 Å². The highest BCUT2D eigenvalue weighted by Gasteiger charge is 2.23.